The van der Waals surface area contributed by atoms with Gasteiger partial charge in [-0.05, 0) is 23.8 Å². The van der Waals surface area contributed by atoms with E-state index >= 15 is 0 Å². The molecule has 1 aromatic carbocycles. The first-order valence-electron chi connectivity index (χ1n) is 6.14. The summed E-state index contributed by atoms with van der Waals surface area (Å²) in [6.07, 6.45) is 0.865. The lowest BCUT2D eigenvalue weighted by Crippen LogP contribution is -2.22. The molecular weight excluding hydrogens is 248 g/mol. The van der Waals surface area contributed by atoms with E-state index in [0.717, 1.165) is 35.0 Å². The summed E-state index contributed by atoms with van der Waals surface area (Å²) in [7, 11) is 0. The number of hydrogen-bond acceptors (Lipinski definition) is 3. The lowest BCUT2D eigenvalue weighted by Gasteiger charge is -2.05. The van der Waals surface area contributed by atoms with Crippen molar-refractivity contribution in [1.29, 1.82) is 0 Å². The van der Waals surface area contributed by atoms with E-state index in [2.05, 4.69) is 24.3 Å². The standard InChI is InChI=1S/C14H15ClN2O/c1-8(2)16-7-13-12-6-9-5-10(15)3-4-11(9)14(12)18-17-13/h3-5,8,16H,6-7H2,1-2H3. The zero-order valence-corrected chi connectivity index (χ0v) is 11.2. The molecule has 0 aliphatic heterocycles. The summed E-state index contributed by atoms with van der Waals surface area (Å²) >= 11 is 6.02. The van der Waals surface area contributed by atoms with E-state index in [1.165, 1.54) is 11.1 Å². The summed E-state index contributed by atoms with van der Waals surface area (Å²) in [5, 5.41) is 8.30. The molecule has 1 aromatic heterocycles. The number of aromatic nitrogens is 1. The molecule has 0 spiro atoms. The van der Waals surface area contributed by atoms with Gasteiger partial charge in [-0.2, -0.15) is 0 Å². The lowest BCUT2D eigenvalue weighted by molar-refractivity contribution is 0.417. The van der Waals surface area contributed by atoms with E-state index in [0.29, 0.717) is 6.04 Å². The maximum absolute atomic E-state index is 6.02. The Hall–Kier alpha value is -1.32. The van der Waals surface area contributed by atoms with Crippen molar-refractivity contribution in [2.45, 2.75) is 32.9 Å². The first kappa shape index (κ1) is 11.8. The minimum atomic E-state index is 0.440. The van der Waals surface area contributed by atoms with Crippen LogP contribution in [0.25, 0.3) is 11.3 Å². The van der Waals surface area contributed by atoms with Gasteiger partial charge >= 0.3 is 0 Å². The average Bonchev–Trinajstić information content (AvgIpc) is 2.84. The summed E-state index contributed by atoms with van der Waals surface area (Å²) in [6.45, 7) is 4.99. The van der Waals surface area contributed by atoms with Crippen LogP contribution in [0.15, 0.2) is 22.7 Å². The van der Waals surface area contributed by atoms with Gasteiger partial charge in [0, 0.05) is 35.2 Å². The van der Waals surface area contributed by atoms with Gasteiger partial charge in [0.2, 0.25) is 0 Å². The molecule has 3 rings (SSSR count). The molecule has 2 aromatic rings. The van der Waals surface area contributed by atoms with Crippen LogP contribution in [0.2, 0.25) is 5.02 Å². The molecule has 4 heteroatoms. The van der Waals surface area contributed by atoms with Crippen LogP contribution < -0.4 is 5.32 Å². The van der Waals surface area contributed by atoms with Crippen molar-refractivity contribution in [3.63, 3.8) is 0 Å². The minimum absolute atomic E-state index is 0.440. The fourth-order valence-electron chi connectivity index (χ4n) is 2.30. The van der Waals surface area contributed by atoms with Gasteiger partial charge in [-0.3, -0.25) is 0 Å². The van der Waals surface area contributed by atoms with Crippen LogP contribution >= 0.6 is 11.6 Å². The number of benzene rings is 1. The fraction of sp³-hybridized carbons (Fsp3) is 0.357. The Morgan fingerprint density at radius 3 is 3.06 bits per heavy atom. The SMILES string of the molecule is CC(C)NCc1noc2c1Cc1cc(Cl)ccc1-2. The van der Waals surface area contributed by atoms with E-state index in [1.54, 1.807) is 0 Å². The number of hydrogen-bond donors (Lipinski definition) is 1. The molecule has 0 saturated carbocycles. The Balaban J connectivity index is 1.92. The number of nitrogens with zero attached hydrogens (tertiary/aromatic N) is 1. The van der Waals surface area contributed by atoms with Crippen molar-refractivity contribution in [2.24, 2.45) is 0 Å². The highest BCUT2D eigenvalue weighted by Crippen LogP contribution is 2.39. The van der Waals surface area contributed by atoms with Crippen LogP contribution in [0.3, 0.4) is 0 Å². The Bertz CT molecular complexity index is 589. The van der Waals surface area contributed by atoms with Crippen LogP contribution in [0.5, 0.6) is 0 Å². The van der Waals surface area contributed by atoms with Crippen molar-refractivity contribution in [3.05, 3.63) is 40.0 Å². The maximum Gasteiger partial charge on any atom is 0.170 e. The highest BCUT2D eigenvalue weighted by molar-refractivity contribution is 6.30. The lowest BCUT2D eigenvalue weighted by atomic mass is 10.1. The summed E-state index contributed by atoms with van der Waals surface area (Å²) in [4.78, 5) is 0. The molecule has 0 fully saturated rings. The highest BCUT2D eigenvalue weighted by atomic mass is 35.5. The molecule has 1 N–H and O–H groups in total. The molecule has 1 aliphatic rings. The van der Waals surface area contributed by atoms with Gasteiger partial charge in [-0.15, -0.1) is 0 Å². The predicted octanol–water partition coefficient (Wildman–Crippen LogP) is 3.40. The molecule has 1 heterocycles. The topological polar surface area (TPSA) is 38.1 Å². The van der Waals surface area contributed by atoms with Crippen LogP contribution in [-0.2, 0) is 13.0 Å². The molecule has 18 heavy (non-hydrogen) atoms. The Kier molecular flexibility index (Phi) is 2.88. The Labute approximate surface area is 111 Å². The molecule has 0 unspecified atom stereocenters. The molecule has 0 radical (unpaired) electrons. The van der Waals surface area contributed by atoms with Gasteiger partial charge in [0.25, 0.3) is 0 Å². The fourth-order valence-corrected chi connectivity index (χ4v) is 2.49. The predicted molar refractivity (Wildman–Crippen MR) is 71.7 cm³/mol. The van der Waals surface area contributed by atoms with E-state index in [1.807, 2.05) is 18.2 Å². The number of fused-ring (bicyclic) bond motifs is 3. The van der Waals surface area contributed by atoms with Crippen molar-refractivity contribution in [2.75, 3.05) is 0 Å². The van der Waals surface area contributed by atoms with Gasteiger partial charge in [0.1, 0.15) is 5.69 Å². The van der Waals surface area contributed by atoms with Gasteiger partial charge in [0.05, 0.1) is 0 Å². The molecule has 0 bridgehead atoms. The van der Waals surface area contributed by atoms with Crippen LogP contribution in [-0.4, -0.2) is 11.2 Å². The third-order valence-corrected chi connectivity index (χ3v) is 3.46. The molecule has 1 aliphatic carbocycles. The quantitative estimate of drug-likeness (QED) is 0.786. The van der Waals surface area contributed by atoms with Gasteiger partial charge in [-0.25, -0.2) is 0 Å². The molecule has 3 nitrogen and oxygen atoms in total. The molecule has 0 amide bonds. The second-order valence-electron chi connectivity index (χ2n) is 4.95. The van der Waals surface area contributed by atoms with E-state index in [-0.39, 0.29) is 0 Å². The summed E-state index contributed by atoms with van der Waals surface area (Å²) in [5.41, 5.74) is 4.55. The molecule has 0 atom stereocenters. The first-order chi connectivity index (χ1) is 8.65. The first-order valence-corrected chi connectivity index (χ1v) is 6.52. The summed E-state index contributed by atoms with van der Waals surface area (Å²) in [6, 6.07) is 6.35. The zero-order chi connectivity index (χ0) is 12.7. The van der Waals surface area contributed by atoms with E-state index in [4.69, 9.17) is 16.1 Å². The second-order valence-corrected chi connectivity index (χ2v) is 5.39. The van der Waals surface area contributed by atoms with Gasteiger partial charge in [-0.1, -0.05) is 30.6 Å². The third kappa shape index (κ3) is 1.93. The van der Waals surface area contributed by atoms with Crippen LogP contribution in [0.4, 0.5) is 0 Å². The Morgan fingerprint density at radius 2 is 2.28 bits per heavy atom. The second kappa shape index (κ2) is 4.41. The highest BCUT2D eigenvalue weighted by Gasteiger charge is 2.26. The van der Waals surface area contributed by atoms with E-state index in [9.17, 15) is 0 Å². The van der Waals surface area contributed by atoms with Crippen molar-refractivity contribution >= 4 is 11.6 Å². The monoisotopic (exact) mass is 262 g/mol. The summed E-state index contributed by atoms with van der Waals surface area (Å²) in [5.74, 6) is 0.905. The number of rotatable bonds is 3. The van der Waals surface area contributed by atoms with Crippen LogP contribution in [0.1, 0.15) is 30.7 Å². The van der Waals surface area contributed by atoms with Crippen molar-refractivity contribution in [1.82, 2.24) is 10.5 Å². The maximum atomic E-state index is 6.02. The average molecular weight is 263 g/mol. The minimum Gasteiger partial charge on any atom is -0.356 e. The van der Waals surface area contributed by atoms with Crippen LogP contribution in [0, 0.1) is 0 Å². The Morgan fingerprint density at radius 1 is 1.44 bits per heavy atom. The van der Waals surface area contributed by atoms with Gasteiger partial charge < -0.3 is 9.84 Å². The van der Waals surface area contributed by atoms with E-state index < -0.39 is 0 Å². The zero-order valence-electron chi connectivity index (χ0n) is 10.5. The normalized spacial score (nSPS) is 12.9. The molecule has 94 valence electrons. The number of halogens is 1. The smallest absolute Gasteiger partial charge is 0.170 e. The van der Waals surface area contributed by atoms with Crippen molar-refractivity contribution in [3.8, 4) is 11.3 Å². The largest absolute Gasteiger partial charge is 0.356 e. The molecule has 0 saturated heterocycles. The molecular formula is C14H15ClN2O. The summed E-state index contributed by atoms with van der Waals surface area (Å²) < 4.78 is 5.47. The third-order valence-electron chi connectivity index (χ3n) is 3.23. The van der Waals surface area contributed by atoms with Crippen molar-refractivity contribution < 1.29 is 4.52 Å². The number of nitrogens with one attached hydrogen (secondary N) is 1. The van der Waals surface area contributed by atoms with Gasteiger partial charge in [0.15, 0.2) is 5.76 Å².